The van der Waals surface area contributed by atoms with Crippen LogP contribution in [0.25, 0.3) is 5.69 Å². The Morgan fingerprint density at radius 3 is 2.35 bits per heavy atom. The number of aliphatic hydroxyl groups excluding tert-OH is 1. The van der Waals surface area contributed by atoms with Crippen LogP contribution in [0.5, 0.6) is 0 Å². The Hall–Kier alpha value is -2.63. The van der Waals surface area contributed by atoms with E-state index in [-0.39, 0.29) is 6.61 Å². The van der Waals surface area contributed by atoms with E-state index < -0.39 is 0 Å². The maximum atomic E-state index is 9.38. The van der Waals surface area contributed by atoms with E-state index in [1.807, 2.05) is 54.1 Å². The summed E-state index contributed by atoms with van der Waals surface area (Å²) in [6.07, 6.45) is 0. The monoisotopic (exact) mass is 350 g/mol. The smallest absolute Gasteiger partial charge is 0.0832 e. The zero-order valence-corrected chi connectivity index (χ0v) is 15.4. The Morgan fingerprint density at radius 1 is 0.923 bits per heavy atom. The van der Waals surface area contributed by atoms with Crippen molar-refractivity contribution in [2.24, 2.45) is 0 Å². The summed E-state index contributed by atoms with van der Waals surface area (Å²) in [5.74, 6) is 0. The molecule has 5 heteroatoms. The van der Waals surface area contributed by atoms with Crippen LogP contribution in [0.1, 0.15) is 22.5 Å². The molecule has 136 valence electrons. The van der Waals surface area contributed by atoms with E-state index in [1.165, 1.54) is 0 Å². The van der Waals surface area contributed by atoms with Crippen molar-refractivity contribution in [2.75, 3.05) is 18.4 Å². The first-order chi connectivity index (χ1) is 12.7. The van der Waals surface area contributed by atoms with Crippen LogP contribution in [0.3, 0.4) is 0 Å². The Balaban J connectivity index is 1.55. The Kier molecular flexibility index (Phi) is 6.04. The zero-order chi connectivity index (χ0) is 18.4. The van der Waals surface area contributed by atoms with Crippen LogP contribution in [-0.2, 0) is 13.2 Å². The second kappa shape index (κ2) is 8.65. The summed E-state index contributed by atoms with van der Waals surface area (Å²) in [5, 5.41) is 20.9. The van der Waals surface area contributed by atoms with Crippen molar-refractivity contribution in [1.82, 2.24) is 15.1 Å². The number of nitrogens with one attached hydrogen (secondary N) is 2. The van der Waals surface area contributed by atoms with Crippen molar-refractivity contribution >= 4 is 5.69 Å². The van der Waals surface area contributed by atoms with Crippen LogP contribution < -0.4 is 10.6 Å². The third kappa shape index (κ3) is 4.12. The van der Waals surface area contributed by atoms with Gasteiger partial charge in [-0.2, -0.15) is 5.10 Å². The summed E-state index contributed by atoms with van der Waals surface area (Å²) in [7, 11) is 0. The molecule has 3 aromatic rings. The Morgan fingerprint density at radius 2 is 1.62 bits per heavy atom. The highest BCUT2D eigenvalue weighted by atomic mass is 16.3. The van der Waals surface area contributed by atoms with Crippen LogP contribution in [-0.4, -0.2) is 28.0 Å². The third-order valence-electron chi connectivity index (χ3n) is 4.50. The van der Waals surface area contributed by atoms with Crippen LogP contribution in [0.15, 0.2) is 54.6 Å². The van der Waals surface area contributed by atoms with E-state index in [0.717, 1.165) is 53.5 Å². The van der Waals surface area contributed by atoms with Crippen molar-refractivity contribution < 1.29 is 5.11 Å². The molecule has 0 aliphatic heterocycles. The molecule has 0 radical (unpaired) electrons. The number of anilines is 1. The first-order valence-corrected chi connectivity index (χ1v) is 8.94. The fourth-order valence-electron chi connectivity index (χ4n) is 3.10. The van der Waals surface area contributed by atoms with Gasteiger partial charge in [0.2, 0.25) is 0 Å². The molecule has 0 fully saturated rings. The molecule has 0 saturated carbocycles. The molecule has 0 spiro atoms. The van der Waals surface area contributed by atoms with Gasteiger partial charge in [-0.15, -0.1) is 0 Å². The van der Waals surface area contributed by atoms with E-state index in [2.05, 4.69) is 34.8 Å². The van der Waals surface area contributed by atoms with E-state index in [0.29, 0.717) is 0 Å². The minimum atomic E-state index is 0.0766. The molecule has 26 heavy (non-hydrogen) atoms. The third-order valence-corrected chi connectivity index (χ3v) is 4.50. The van der Waals surface area contributed by atoms with Gasteiger partial charge in [0.25, 0.3) is 0 Å². The summed E-state index contributed by atoms with van der Waals surface area (Å²) < 4.78 is 1.97. The molecular weight excluding hydrogens is 324 g/mol. The molecule has 5 nitrogen and oxygen atoms in total. The lowest BCUT2D eigenvalue weighted by atomic mass is 10.1. The van der Waals surface area contributed by atoms with Crippen LogP contribution in [0.4, 0.5) is 5.69 Å². The van der Waals surface area contributed by atoms with Crippen molar-refractivity contribution in [1.29, 1.82) is 0 Å². The number of aliphatic hydroxyl groups is 1. The van der Waals surface area contributed by atoms with Gasteiger partial charge in [0, 0.05) is 19.6 Å². The topological polar surface area (TPSA) is 62.1 Å². The van der Waals surface area contributed by atoms with E-state index in [1.54, 1.807) is 0 Å². The highest BCUT2D eigenvalue weighted by molar-refractivity contribution is 5.54. The van der Waals surface area contributed by atoms with Crippen molar-refractivity contribution in [3.05, 3.63) is 77.1 Å². The molecule has 0 aliphatic carbocycles. The number of aromatic nitrogens is 2. The van der Waals surface area contributed by atoms with Gasteiger partial charge in [-0.1, -0.05) is 42.5 Å². The highest BCUT2D eigenvalue weighted by Gasteiger charge is 2.12. The van der Waals surface area contributed by atoms with Crippen molar-refractivity contribution in [3.63, 3.8) is 0 Å². The largest absolute Gasteiger partial charge is 0.392 e. The number of hydrogen-bond acceptors (Lipinski definition) is 4. The number of aryl methyl sites for hydroxylation is 1. The normalized spacial score (nSPS) is 10.9. The van der Waals surface area contributed by atoms with Gasteiger partial charge in [0.15, 0.2) is 0 Å². The van der Waals surface area contributed by atoms with Gasteiger partial charge in [0.1, 0.15) is 0 Å². The summed E-state index contributed by atoms with van der Waals surface area (Å²) in [5.41, 5.74) is 6.38. The highest BCUT2D eigenvalue weighted by Crippen LogP contribution is 2.22. The number of hydrogen-bond donors (Lipinski definition) is 3. The average Bonchev–Trinajstić information content (AvgIpc) is 2.96. The minimum Gasteiger partial charge on any atom is -0.392 e. The molecule has 3 N–H and O–H groups in total. The molecule has 0 saturated heterocycles. The first kappa shape index (κ1) is 18.2. The van der Waals surface area contributed by atoms with Gasteiger partial charge < -0.3 is 15.7 Å². The minimum absolute atomic E-state index is 0.0766. The number of benzene rings is 2. The zero-order valence-electron chi connectivity index (χ0n) is 15.4. The van der Waals surface area contributed by atoms with Gasteiger partial charge in [-0.25, -0.2) is 4.68 Å². The molecule has 0 amide bonds. The lowest BCUT2D eigenvalue weighted by molar-refractivity contribution is 0.280. The molecule has 0 bridgehead atoms. The number of para-hydroxylation sites is 1. The fraction of sp³-hybridized carbons (Fsp3) is 0.286. The van der Waals surface area contributed by atoms with Crippen LogP contribution >= 0.6 is 0 Å². The van der Waals surface area contributed by atoms with Crippen molar-refractivity contribution in [2.45, 2.75) is 27.0 Å². The maximum Gasteiger partial charge on any atom is 0.0832 e. The number of rotatable bonds is 8. The van der Waals surface area contributed by atoms with Crippen molar-refractivity contribution in [3.8, 4) is 5.69 Å². The molecule has 0 aliphatic rings. The average molecular weight is 350 g/mol. The predicted octanol–water partition coefficient (Wildman–Crippen LogP) is 3.18. The molecule has 0 atom stereocenters. The second-order valence-corrected chi connectivity index (χ2v) is 6.32. The summed E-state index contributed by atoms with van der Waals surface area (Å²) in [4.78, 5) is 0. The SMILES string of the molecule is Cc1nn(-c2ccccc2)c(C)c1NCCNCc1ccccc1CO. The molecule has 1 aromatic heterocycles. The van der Waals surface area contributed by atoms with Gasteiger partial charge >= 0.3 is 0 Å². The molecule has 1 heterocycles. The summed E-state index contributed by atoms with van der Waals surface area (Å²) in [6.45, 7) is 6.57. The molecule has 0 unspecified atom stereocenters. The Bertz CT molecular complexity index is 842. The number of nitrogens with zero attached hydrogens (tertiary/aromatic N) is 2. The first-order valence-electron chi connectivity index (χ1n) is 8.94. The van der Waals surface area contributed by atoms with E-state index in [4.69, 9.17) is 0 Å². The van der Waals surface area contributed by atoms with E-state index >= 15 is 0 Å². The fourth-order valence-corrected chi connectivity index (χ4v) is 3.10. The van der Waals surface area contributed by atoms with Gasteiger partial charge in [-0.3, -0.25) is 0 Å². The van der Waals surface area contributed by atoms with Crippen LogP contribution in [0, 0.1) is 13.8 Å². The lowest BCUT2D eigenvalue weighted by Gasteiger charge is -2.11. The predicted molar refractivity (Wildman–Crippen MR) is 106 cm³/mol. The van der Waals surface area contributed by atoms with E-state index in [9.17, 15) is 5.11 Å². The molecule has 3 rings (SSSR count). The molecule has 2 aromatic carbocycles. The maximum absolute atomic E-state index is 9.38. The quantitative estimate of drug-likeness (QED) is 0.546. The van der Waals surface area contributed by atoms with Gasteiger partial charge in [-0.05, 0) is 37.1 Å². The molecular formula is C21H26N4O. The summed E-state index contributed by atoms with van der Waals surface area (Å²) in [6, 6.07) is 18.1. The standard InChI is InChI=1S/C21H26N4O/c1-16-21(17(2)25(24-16)20-10-4-3-5-11-20)23-13-12-22-14-18-8-6-7-9-19(18)15-26/h3-11,22-23,26H,12-15H2,1-2H3. The van der Waals surface area contributed by atoms with Crippen LogP contribution in [0.2, 0.25) is 0 Å². The lowest BCUT2D eigenvalue weighted by Crippen LogP contribution is -2.22. The second-order valence-electron chi connectivity index (χ2n) is 6.32. The Labute approximate surface area is 154 Å². The van der Waals surface area contributed by atoms with Gasteiger partial charge in [0.05, 0.1) is 29.4 Å². The summed E-state index contributed by atoms with van der Waals surface area (Å²) >= 11 is 0.